The lowest BCUT2D eigenvalue weighted by Crippen LogP contribution is -2.19. The summed E-state index contributed by atoms with van der Waals surface area (Å²) < 4.78 is 11.0. The van der Waals surface area contributed by atoms with Crippen LogP contribution in [-0.4, -0.2) is 30.2 Å². The Balaban J connectivity index is 2.26. The first-order valence-electron chi connectivity index (χ1n) is 5.84. The Bertz CT molecular complexity index is 414. The summed E-state index contributed by atoms with van der Waals surface area (Å²) in [5.41, 5.74) is 0.462. The Morgan fingerprint density at radius 1 is 1.35 bits per heavy atom. The molecule has 0 aliphatic carbocycles. The molecule has 1 aliphatic rings. The Kier molecular flexibility index (Phi) is 3.64. The van der Waals surface area contributed by atoms with Crippen LogP contribution in [0.4, 0.5) is 0 Å². The summed E-state index contributed by atoms with van der Waals surface area (Å²) in [7, 11) is 0. The lowest BCUT2D eigenvalue weighted by molar-refractivity contribution is 0.0740. The number of hydrogen-bond donors (Lipinski definition) is 1. The standard InChI is InChI=1S/C13H16O4/c1-2-10(14)13(15)9-4-5-11-12(8-9)17-7-3-6-16-11/h4-5,8,10,14H,2-3,6-7H2,1H3. The highest BCUT2D eigenvalue weighted by molar-refractivity contribution is 5.99. The predicted octanol–water partition coefficient (Wildman–Crippen LogP) is 1.80. The number of Topliss-reactive ketones (excluding diaryl/α,β-unsaturated/α-hetero) is 1. The summed E-state index contributed by atoms with van der Waals surface area (Å²) in [4.78, 5) is 11.8. The van der Waals surface area contributed by atoms with Crippen LogP contribution in [0.5, 0.6) is 11.5 Å². The van der Waals surface area contributed by atoms with E-state index >= 15 is 0 Å². The summed E-state index contributed by atoms with van der Waals surface area (Å²) in [5, 5.41) is 9.52. The van der Waals surface area contributed by atoms with E-state index in [1.54, 1.807) is 25.1 Å². The summed E-state index contributed by atoms with van der Waals surface area (Å²) in [6, 6.07) is 5.02. The molecule has 1 heterocycles. The molecule has 2 rings (SSSR count). The number of ether oxygens (including phenoxy) is 2. The predicted molar refractivity (Wildman–Crippen MR) is 62.7 cm³/mol. The van der Waals surface area contributed by atoms with E-state index in [0.29, 0.717) is 36.7 Å². The molecular weight excluding hydrogens is 220 g/mol. The smallest absolute Gasteiger partial charge is 0.191 e. The van der Waals surface area contributed by atoms with Gasteiger partial charge in [-0.2, -0.15) is 0 Å². The number of rotatable bonds is 3. The van der Waals surface area contributed by atoms with Crippen molar-refractivity contribution in [3.8, 4) is 11.5 Å². The minimum absolute atomic E-state index is 0.275. The maximum absolute atomic E-state index is 11.8. The van der Waals surface area contributed by atoms with Crippen LogP contribution in [0.1, 0.15) is 30.1 Å². The summed E-state index contributed by atoms with van der Waals surface area (Å²) in [6.07, 6.45) is 0.294. The molecule has 0 aromatic heterocycles. The van der Waals surface area contributed by atoms with Crippen molar-refractivity contribution in [3.05, 3.63) is 23.8 Å². The van der Waals surface area contributed by atoms with Crippen molar-refractivity contribution in [2.45, 2.75) is 25.9 Å². The third kappa shape index (κ3) is 2.58. The van der Waals surface area contributed by atoms with E-state index in [1.807, 2.05) is 0 Å². The first kappa shape index (κ1) is 11.9. The normalized spacial score (nSPS) is 16.1. The van der Waals surface area contributed by atoms with Gasteiger partial charge in [-0.05, 0) is 24.6 Å². The highest BCUT2D eigenvalue weighted by Crippen LogP contribution is 2.30. The van der Waals surface area contributed by atoms with Crippen molar-refractivity contribution >= 4 is 5.78 Å². The van der Waals surface area contributed by atoms with E-state index in [4.69, 9.17) is 9.47 Å². The van der Waals surface area contributed by atoms with E-state index in [-0.39, 0.29) is 5.78 Å². The SMILES string of the molecule is CCC(O)C(=O)c1ccc2c(c1)OCCCO2. The lowest BCUT2D eigenvalue weighted by atomic mass is 10.0. The molecule has 1 aliphatic heterocycles. The van der Waals surface area contributed by atoms with Crippen LogP contribution in [-0.2, 0) is 0 Å². The van der Waals surface area contributed by atoms with Gasteiger partial charge in [0, 0.05) is 12.0 Å². The van der Waals surface area contributed by atoms with Gasteiger partial charge < -0.3 is 14.6 Å². The maximum atomic E-state index is 11.8. The lowest BCUT2D eigenvalue weighted by Gasteiger charge is -2.10. The molecule has 0 spiro atoms. The monoisotopic (exact) mass is 236 g/mol. The average Bonchev–Trinajstić information content (AvgIpc) is 2.61. The van der Waals surface area contributed by atoms with Gasteiger partial charge in [-0.15, -0.1) is 0 Å². The summed E-state index contributed by atoms with van der Waals surface area (Å²) in [6.45, 7) is 2.98. The van der Waals surface area contributed by atoms with E-state index in [2.05, 4.69) is 0 Å². The van der Waals surface area contributed by atoms with Crippen LogP contribution in [0, 0.1) is 0 Å². The molecular formula is C13H16O4. The topological polar surface area (TPSA) is 55.8 Å². The van der Waals surface area contributed by atoms with Crippen molar-refractivity contribution in [2.75, 3.05) is 13.2 Å². The Morgan fingerprint density at radius 3 is 2.76 bits per heavy atom. The maximum Gasteiger partial charge on any atom is 0.191 e. The molecule has 0 saturated heterocycles. The van der Waals surface area contributed by atoms with Crippen LogP contribution >= 0.6 is 0 Å². The third-order valence-corrected chi connectivity index (χ3v) is 2.72. The number of carbonyl (C=O) groups is 1. The first-order valence-corrected chi connectivity index (χ1v) is 5.84. The number of ketones is 1. The zero-order valence-corrected chi connectivity index (χ0v) is 9.81. The van der Waals surface area contributed by atoms with Gasteiger partial charge in [0.25, 0.3) is 0 Å². The second-order valence-corrected chi connectivity index (χ2v) is 4.00. The van der Waals surface area contributed by atoms with E-state index in [9.17, 15) is 9.90 Å². The molecule has 1 N–H and O–H groups in total. The molecule has 92 valence electrons. The van der Waals surface area contributed by atoms with E-state index in [1.165, 1.54) is 0 Å². The third-order valence-electron chi connectivity index (χ3n) is 2.72. The van der Waals surface area contributed by atoms with Gasteiger partial charge in [-0.1, -0.05) is 6.92 Å². The van der Waals surface area contributed by atoms with Crippen molar-refractivity contribution in [2.24, 2.45) is 0 Å². The van der Waals surface area contributed by atoms with Gasteiger partial charge in [0.1, 0.15) is 6.10 Å². The van der Waals surface area contributed by atoms with Crippen molar-refractivity contribution < 1.29 is 19.4 Å². The number of hydrogen-bond acceptors (Lipinski definition) is 4. The number of carbonyl (C=O) groups excluding carboxylic acids is 1. The molecule has 0 amide bonds. The van der Waals surface area contributed by atoms with Crippen LogP contribution in [0.15, 0.2) is 18.2 Å². The zero-order chi connectivity index (χ0) is 12.3. The molecule has 4 nitrogen and oxygen atoms in total. The second kappa shape index (κ2) is 5.19. The molecule has 1 atom stereocenters. The number of benzene rings is 1. The highest BCUT2D eigenvalue weighted by Gasteiger charge is 2.18. The van der Waals surface area contributed by atoms with Crippen LogP contribution in [0.3, 0.4) is 0 Å². The van der Waals surface area contributed by atoms with Crippen molar-refractivity contribution in [1.82, 2.24) is 0 Å². The molecule has 0 bridgehead atoms. The minimum atomic E-state index is -0.945. The van der Waals surface area contributed by atoms with Gasteiger partial charge in [0.05, 0.1) is 13.2 Å². The van der Waals surface area contributed by atoms with Gasteiger partial charge in [0.15, 0.2) is 17.3 Å². The minimum Gasteiger partial charge on any atom is -0.490 e. The zero-order valence-electron chi connectivity index (χ0n) is 9.81. The fourth-order valence-corrected chi connectivity index (χ4v) is 1.69. The number of aliphatic hydroxyl groups is 1. The summed E-state index contributed by atoms with van der Waals surface area (Å²) >= 11 is 0. The fraction of sp³-hybridized carbons (Fsp3) is 0.462. The molecule has 17 heavy (non-hydrogen) atoms. The summed E-state index contributed by atoms with van der Waals surface area (Å²) in [5.74, 6) is 0.963. The van der Waals surface area contributed by atoms with Gasteiger partial charge in [0.2, 0.25) is 0 Å². The number of aliphatic hydroxyl groups excluding tert-OH is 1. The van der Waals surface area contributed by atoms with Gasteiger partial charge in [-0.25, -0.2) is 0 Å². The largest absolute Gasteiger partial charge is 0.490 e. The quantitative estimate of drug-likeness (QED) is 0.813. The highest BCUT2D eigenvalue weighted by atomic mass is 16.5. The molecule has 0 fully saturated rings. The molecule has 0 saturated carbocycles. The first-order chi connectivity index (χ1) is 8.22. The van der Waals surface area contributed by atoms with Crippen LogP contribution in [0.2, 0.25) is 0 Å². The fourth-order valence-electron chi connectivity index (χ4n) is 1.69. The Labute approximate surface area is 100 Å². The van der Waals surface area contributed by atoms with Crippen molar-refractivity contribution in [1.29, 1.82) is 0 Å². The average molecular weight is 236 g/mol. The van der Waals surface area contributed by atoms with E-state index < -0.39 is 6.10 Å². The van der Waals surface area contributed by atoms with Crippen LogP contribution < -0.4 is 9.47 Å². The molecule has 1 unspecified atom stereocenters. The molecule has 4 heteroatoms. The number of fused-ring (bicyclic) bond motifs is 1. The Hall–Kier alpha value is -1.55. The van der Waals surface area contributed by atoms with Gasteiger partial charge >= 0.3 is 0 Å². The van der Waals surface area contributed by atoms with E-state index in [0.717, 1.165) is 6.42 Å². The second-order valence-electron chi connectivity index (χ2n) is 4.00. The molecule has 1 aromatic carbocycles. The van der Waals surface area contributed by atoms with Crippen LogP contribution in [0.25, 0.3) is 0 Å². The molecule has 0 radical (unpaired) electrons. The Morgan fingerprint density at radius 2 is 2.06 bits per heavy atom. The van der Waals surface area contributed by atoms with Gasteiger partial charge in [-0.3, -0.25) is 4.79 Å². The molecule has 1 aromatic rings. The van der Waals surface area contributed by atoms with Crippen molar-refractivity contribution in [3.63, 3.8) is 0 Å².